The lowest BCUT2D eigenvalue weighted by atomic mass is 9.96. The van der Waals surface area contributed by atoms with Crippen LogP contribution in [-0.4, -0.2) is 67.9 Å². The first-order chi connectivity index (χ1) is 17.1. The van der Waals surface area contributed by atoms with Gasteiger partial charge in [-0.05, 0) is 63.6 Å². The predicted octanol–water partition coefficient (Wildman–Crippen LogP) is 3.84. The van der Waals surface area contributed by atoms with Crippen molar-refractivity contribution in [1.29, 1.82) is 0 Å². The molecule has 0 radical (unpaired) electrons. The first-order valence-corrected chi connectivity index (χ1v) is 12.6. The van der Waals surface area contributed by atoms with Gasteiger partial charge in [-0.2, -0.15) is 0 Å². The lowest BCUT2D eigenvalue weighted by Gasteiger charge is -2.33. The maximum Gasteiger partial charge on any atom is 0.325 e. The van der Waals surface area contributed by atoms with Gasteiger partial charge < -0.3 is 25.7 Å². The number of aliphatic hydroxyl groups is 2. The number of thiophene rings is 1. The summed E-state index contributed by atoms with van der Waals surface area (Å²) in [7, 11) is 1.61. The minimum Gasteiger partial charge on any atom is -0.391 e. The molecule has 10 heteroatoms. The summed E-state index contributed by atoms with van der Waals surface area (Å²) in [6.45, 7) is 5.40. The summed E-state index contributed by atoms with van der Waals surface area (Å²) < 4.78 is 2.47. The Morgan fingerprint density at radius 3 is 2.69 bits per heavy atom. The number of hydrogen-bond donors (Lipinski definition) is 4. The Labute approximate surface area is 212 Å². The van der Waals surface area contributed by atoms with Crippen molar-refractivity contribution in [2.45, 2.75) is 44.9 Å². The van der Waals surface area contributed by atoms with Crippen LogP contribution in [-0.2, 0) is 0 Å². The molecule has 4 heterocycles. The number of amides is 2. The smallest absolute Gasteiger partial charge is 0.325 e. The molecule has 2 atom stereocenters. The van der Waals surface area contributed by atoms with Crippen LogP contribution < -0.4 is 10.6 Å². The van der Waals surface area contributed by atoms with Gasteiger partial charge >= 0.3 is 6.03 Å². The molecule has 3 aromatic heterocycles. The fourth-order valence-electron chi connectivity index (χ4n) is 4.96. The first-order valence-electron chi connectivity index (χ1n) is 11.8. The highest BCUT2D eigenvalue weighted by Crippen LogP contribution is 2.36. The van der Waals surface area contributed by atoms with Crippen molar-refractivity contribution in [2.24, 2.45) is 0 Å². The summed E-state index contributed by atoms with van der Waals surface area (Å²) >= 11 is 1.33. The average molecular weight is 508 g/mol. The third-order valence-corrected chi connectivity index (χ3v) is 7.81. The Morgan fingerprint density at radius 2 is 1.97 bits per heavy atom. The molecule has 1 aromatic carbocycles. The molecule has 1 fully saturated rings. The van der Waals surface area contributed by atoms with Crippen LogP contribution >= 0.6 is 11.3 Å². The summed E-state index contributed by atoms with van der Waals surface area (Å²) in [4.78, 5) is 32.1. The van der Waals surface area contributed by atoms with E-state index in [1.807, 2.05) is 37.3 Å². The number of nitrogens with zero attached hydrogens (tertiary/aromatic N) is 3. The standard InChI is InChI=1S/C26H29N5O4S/c1-14-9-15-10-16(5-6-20(15)31(14)25(34)27-4)29-18-7-8-28-19-12-21(36-23(18)19)24(33)30-13-17(32)11-22(30)26(2,3)35/h5-10,12,17,22,32,35H,11,13H2,1-4H3,(H,27,34)(H,28,29). The van der Waals surface area contributed by atoms with Gasteiger partial charge in [0.15, 0.2) is 0 Å². The van der Waals surface area contributed by atoms with Gasteiger partial charge in [-0.3, -0.25) is 14.3 Å². The van der Waals surface area contributed by atoms with Crippen molar-refractivity contribution in [3.05, 3.63) is 53.2 Å². The van der Waals surface area contributed by atoms with Crippen LogP contribution in [0.1, 0.15) is 35.6 Å². The minimum absolute atomic E-state index is 0.188. The topological polar surface area (TPSA) is 120 Å². The zero-order valence-electron chi connectivity index (χ0n) is 20.6. The number of carbonyl (C=O) groups is 2. The average Bonchev–Trinajstić information content (AvgIpc) is 3.52. The molecule has 5 rings (SSSR count). The Hall–Kier alpha value is -3.47. The molecule has 0 aliphatic carbocycles. The number of carbonyl (C=O) groups excluding carboxylic acids is 2. The Morgan fingerprint density at radius 1 is 1.19 bits per heavy atom. The highest BCUT2D eigenvalue weighted by atomic mass is 32.1. The lowest BCUT2D eigenvalue weighted by Crippen LogP contribution is -2.48. The molecule has 2 amide bonds. The summed E-state index contributed by atoms with van der Waals surface area (Å²) in [5.41, 5.74) is 2.88. The molecule has 36 heavy (non-hydrogen) atoms. The Balaban J connectivity index is 1.46. The number of benzene rings is 1. The van der Waals surface area contributed by atoms with E-state index in [1.54, 1.807) is 42.6 Å². The van der Waals surface area contributed by atoms with Crippen molar-refractivity contribution in [3.63, 3.8) is 0 Å². The summed E-state index contributed by atoms with van der Waals surface area (Å²) in [6, 6.07) is 10.7. The van der Waals surface area contributed by atoms with Crippen LogP contribution in [0.4, 0.5) is 16.2 Å². The Kier molecular flexibility index (Phi) is 5.98. The van der Waals surface area contributed by atoms with Crippen molar-refractivity contribution in [2.75, 3.05) is 18.9 Å². The number of aliphatic hydroxyl groups excluding tert-OH is 1. The fourth-order valence-corrected chi connectivity index (χ4v) is 6.00. The van der Waals surface area contributed by atoms with Crippen LogP contribution in [0.3, 0.4) is 0 Å². The van der Waals surface area contributed by atoms with Crippen LogP contribution in [0.2, 0.25) is 0 Å². The van der Waals surface area contributed by atoms with E-state index >= 15 is 0 Å². The van der Waals surface area contributed by atoms with Crippen LogP contribution in [0, 0.1) is 6.92 Å². The third kappa shape index (κ3) is 4.21. The van der Waals surface area contributed by atoms with E-state index in [4.69, 9.17) is 0 Å². The fraction of sp³-hybridized carbons (Fsp3) is 0.346. The number of rotatable bonds is 4. The molecular weight excluding hydrogens is 478 g/mol. The lowest BCUT2D eigenvalue weighted by molar-refractivity contribution is 0.000157. The van der Waals surface area contributed by atoms with Gasteiger partial charge in [0, 0.05) is 36.6 Å². The number of anilines is 2. The van der Waals surface area contributed by atoms with E-state index in [2.05, 4.69) is 15.6 Å². The monoisotopic (exact) mass is 507 g/mol. The largest absolute Gasteiger partial charge is 0.391 e. The van der Waals surface area contributed by atoms with Crippen molar-refractivity contribution < 1.29 is 19.8 Å². The Bertz CT molecular complexity index is 1490. The number of nitrogens with one attached hydrogen (secondary N) is 2. The molecule has 0 bridgehead atoms. The molecular formula is C26H29N5O4S. The van der Waals surface area contributed by atoms with E-state index in [0.717, 1.165) is 32.7 Å². The van der Waals surface area contributed by atoms with Gasteiger partial charge in [-0.15, -0.1) is 11.3 Å². The molecule has 0 saturated carbocycles. The van der Waals surface area contributed by atoms with Crippen LogP contribution in [0.15, 0.2) is 42.6 Å². The highest BCUT2D eigenvalue weighted by molar-refractivity contribution is 7.21. The maximum atomic E-state index is 13.4. The zero-order chi connectivity index (χ0) is 25.8. The highest BCUT2D eigenvalue weighted by Gasteiger charge is 2.43. The molecule has 4 N–H and O–H groups in total. The SMILES string of the molecule is CNC(=O)n1c(C)cc2cc(Nc3ccnc4cc(C(=O)N5CC(O)CC5C(C)(C)O)sc34)ccc21. The number of aromatic nitrogens is 2. The van der Waals surface area contributed by atoms with Gasteiger partial charge in [-0.25, -0.2) is 4.79 Å². The van der Waals surface area contributed by atoms with Gasteiger partial charge in [0.2, 0.25) is 0 Å². The summed E-state index contributed by atoms with van der Waals surface area (Å²) in [5, 5.41) is 27.7. The predicted molar refractivity (Wildman–Crippen MR) is 141 cm³/mol. The van der Waals surface area contributed by atoms with E-state index in [9.17, 15) is 19.8 Å². The van der Waals surface area contributed by atoms with Gasteiger partial charge in [0.05, 0.1) is 44.0 Å². The number of hydrogen-bond acceptors (Lipinski definition) is 7. The molecule has 9 nitrogen and oxygen atoms in total. The number of pyridine rings is 1. The van der Waals surface area contributed by atoms with Crippen molar-refractivity contribution in [3.8, 4) is 0 Å². The van der Waals surface area contributed by atoms with E-state index in [1.165, 1.54) is 11.3 Å². The van der Waals surface area contributed by atoms with E-state index < -0.39 is 17.7 Å². The number of likely N-dealkylation sites (tertiary alicyclic amines) is 1. The third-order valence-electron chi connectivity index (χ3n) is 6.66. The number of fused-ring (bicyclic) bond motifs is 2. The van der Waals surface area contributed by atoms with Crippen molar-refractivity contribution in [1.82, 2.24) is 19.8 Å². The second-order valence-electron chi connectivity index (χ2n) is 9.77. The van der Waals surface area contributed by atoms with Gasteiger partial charge in [-0.1, -0.05) is 0 Å². The van der Waals surface area contributed by atoms with Crippen molar-refractivity contribution >= 4 is 55.8 Å². The summed E-state index contributed by atoms with van der Waals surface area (Å²) in [6.07, 6.45) is 1.37. The first kappa shape index (κ1) is 24.2. The second-order valence-corrected chi connectivity index (χ2v) is 10.8. The minimum atomic E-state index is -1.12. The number of β-amino-alcohol motifs (C(OH)–C–C–N with tert-alkyl or cyclic N) is 1. The maximum absolute atomic E-state index is 13.4. The molecule has 188 valence electrons. The van der Waals surface area contributed by atoms with E-state index in [-0.39, 0.29) is 18.5 Å². The van der Waals surface area contributed by atoms with Crippen LogP contribution in [0.25, 0.3) is 21.1 Å². The molecule has 4 aromatic rings. The van der Waals surface area contributed by atoms with E-state index in [0.29, 0.717) is 16.8 Å². The quantitative estimate of drug-likeness (QED) is 0.333. The molecule has 0 spiro atoms. The molecule has 1 aliphatic heterocycles. The van der Waals surface area contributed by atoms with Gasteiger partial charge in [0.25, 0.3) is 5.91 Å². The normalized spacial score (nSPS) is 18.2. The van der Waals surface area contributed by atoms with Crippen LogP contribution in [0.5, 0.6) is 0 Å². The molecule has 2 unspecified atom stereocenters. The second kappa shape index (κ2) is 8.88. The number of aryl methyl sites for hydroxylation is 1. The molecule has 1 saturated heterocycles. The van der Waals surface area contributed by atoms with Gasteiger partial charge in [0.1, 0.15) is 0 Å². The molecule has 1 aliphatic rings. The zero-order valence-corrected chi connectivity index (χ0v) is 21.4. The summed E-state index contributed by atoms with van der Waals surface area (Å²) in [5.74, 6) is -0.222.